The molecule has 1 amide bonds. The zero-order valence-corrected chi connectivity index (χ0v) is 15.6. The molecule has 0 aliphatic carbocycles. The lowest BCUT2D eigenvalue weighted by Gasteiger charge is -2.53. The first kappa shape index (κ1) is 17.9. The summed E-state index contributed by atoms with van der Waals surface area (Å²) in [5, 5.41) is 0. The van der Waals surface area contributed by atoms with Gasteiger partial charge in [-0.3, -0.25) is 4.98 Å². The van der Waals surface area contributed by atoms with Gasteiger partial charge in [0.2, 0.25) is 0 Å². The van der Waals surface area contributed by atoms with Crippen LogP contribution in [0.4, 0.5) is 19.4 Å². The van der Waals surface area contributed by atoms with Crippen LogP contribution in [0.15, 0.2) is 18.3 Å². The standard InChI is InChI=1S/C19H22F2N4O2/c1-19(2,3)27-18(26)25-9-11-4-5-24(10-16(11)25)17-8-22-14-6-12(20)13(21)7-15(14)23-17/h6-8,11,16H,4-5,9-10H2,1-3H3/t11-,16-/m1/s1. The molecule has 8 heteroatoms. The maximum absolute atomic E-state index is 13.5. The Morgan fingerprint density at radius 3 is 2.59 bits per heavy atom. The first-order chi connectivity index (χ1) is 12.7. The summed E-state index contributed by atoms with van der Waals surface area (Å²) in [6, 6.07) is 2.17. The van der Waals surface area contributed by atoms with Gasteiger partial charge in [-0.25, -0.2) is 18.6 Å². The van der Waals surface area contributed by atoms with Gasteiger partial charge in [-0.2, -0.15) is 0 Å². The van der Waals surface area contributed by atoms with Gasteiger partial charge in [-0.15, -0.1) is 0 Å². The number of likely N-dealkylation sites (tertiary alicyclic amines) is 1. The Hall–Kier alpha value is -2.51. The first-order valence-corrected chi connectivity index (χ1v) is 9.07. The minimum absolute atomic E-state index is 0.0658. The van der Waals surface area contributed by atoms with Crippen molar-refractivity contribution in [2.24, 2.45) is 5.92 Å². The molecule has 0 saturated carbocycles. The number of hydrogen-bond donors (Lipinski definition) is 0. The van der Waals surface area contributed by atoms with E-state index in [4.69, 9.17) is 4.74 Å². The fraction of sp³-hybridized carbons (Fsp3) is 0.526. The van der Waals surface area contributed by atoms with E-state index in [2.05, 4.69) is 9.97 Å². The summed E-state index contributed by atoms with van der Waals surface area (Å²) in [5.41, 5.74) is 0.0948. The van der Waals surface area contributed by atoms with Crippen LogP contribution in [0.5, 0.6) is 0 Å². The summed E-state index contributed by atoms with van der Waals surface area (Å²) in [6.07, 6.45) is 2.20. The largest absolute Gasteiger partial charge is 0.444 e. The molecular formula is C19H22F2N4O2. The lowest BCUT2D eigenvalue weighted by atomic mass is 9.82. The van der Waals surface area contributed by atoms with Crippen LogP contribution in [0, 0.1) is 17.6 Å². The van der Waals surface area contributed by atoms with Crippen molar-refractivity contribution in [3.05, 3.63) is 30.0 Å². The number of benzene rings is 1. The summed E-state index contributed by atoms with van der Waals surface area (Å²) in [5.74, 6) is -0.827. The molecule has 2 atom stereocenters. The van der Waals surface area contributed by atoms with Crippen molar-refractivity contribution < 1.29 is 18.3 Å². The minimum atomic E-state index is -0.942. The number of hydrogen-bond acceptors (Lipinski definition) is 5. The molecule has 1 aromatic carbocycles. The molecule has 6 nitrogen and oxygen atoms in total. The molecular weight excluding hydrogens is 354 g/mol. The molecule has 0 radical (unpaired) electrons. The second-order valence-corrected chi connectivity index (χ2v) is 8.18. The Kier molecular flexibility index (Phi) is 4.16. The van der Waals surface area contributed by atoms with Crippen LogP contribution in [0.1, 0.15) is 27.2 Å². The van der Waals surface area contributed by atoms with Crippen LogP contribution in [0.2, 0.25) is 0 Å². The number of ether oxygens (including phenoxy) is 1. The van der Waals surface area contributed by atoms with Gasteiger partial charge in [0.05, 0.1) is 23.3 Å². The highest BCUT2D eigenvalue weighted by Gasteiger charge is 2.46. The van der Waals surface area contributed by atoms with Crippen LogP contribution in [0.25, 0.3) is 11.0 Å². The van der Waals surface area contributed by atoms with Gasteiger partial charge >= 0.3 is 6.09 Å². The molecule has 2 aliphatic heterocycles. The second-order valence-electron chi connectivity index (χ2n) is 8.18. The third-order valence-electron chi connectivity index (χ3n) is 5.08. The highest BCUT2D eigenvalue weighted by molar-refractivity contribution is 5.76. The lowest BCUT2D eigenvalue weighted by Crippen LogP contribution is -2.66. The van der Waals surface area contributed by atoms with E-state index >= 15 is 0 Å². The van der Waals surface area contributed by atoms with E-state index in [1.54, 1.807) is 11.1 Å². The van der Waals surface area contributed by atoms with Gasteiger partial charge in [0, 0.05) is 37.7 Å². The summed E-state index contributed by atoms with van der Waals surface area (Å²) in [4.78, 5) is 24.8. The Balaban J connectivity index is 1.51. The van der Waals surface area contributed by atoms with Gasteiger partial charge in [-0.05, 0) is 27.2 Å². The number of rotatable bonds is 1. The Morgan fingerprint density at radius 2 is 1.89 bits per heavy atom. The van der Waals surface area contributed by atoms with Crippen molar-refractivity contribution >= 4 is 22.9 Å². The molecule has 0 spiro atoms. The average molecular weight is 376 g/mol. The van der Waals surface area contributed by atoms with E-state index in [0.717, 1.165) is 25.1 Å². The predicted octanol–water partition coefficient (Wildman–Crippen LogP) is 3.35. The topological polar surface area (TPSA) is 58.6 Å². The molecule has 0 unspecified atom stereocenters. The third kappa shape index (κ3) is 3.40. The number of anilines is 1. The van der Waals surface area contributed by atoms with E-state index in [1.807, 2.05) is 25.7 Å². The molecule has 2 aliphatic rings. The van der Waals surface area contributed by atoms with E-state index in [1.165, 1.54) is 0 Å². The second kappa shape index (κ2) is 6.28. The number of carbonyl (C=O) groups is 1. The van der Waals surface area contributed by atoms with Crippen molar-refractivity contribution in [2.45, 2.75) is 38.8 Å². The lowest BCUT2D eigenvalue weighted by molar-refractivity contribution is -0.0346. The summed E-state index contributed by atoms with van der Waals surface area (Å²) in [6.45, 7) is 7.66. The molecule has 27 heavy (non-hydrogen) atoms. The normalized spacial score (nSPS) is 22.4. The van der Waals surface area contributed by atoms with Crippen molar-refractivity contribution in [1.82, 2.24) is 14.9 Å². The van der Waals surface area contributed by atoms with Crippen LogP contribution >= 0.6 is 0 Å². The van der Waals surface area contributed by atoms with Gasteiger partial charge < -0.3 is 14.5 Å². The quantitative estimate of drug-likeness (QED) is 0.764. The maximum Gasteiger partial charge on any atom is 0.410 e. The molecule has 1 aromatic heterocycles. The highest BCUT2D eigenvalue weighted by atomic mass is 19.2. The van der Waals surface area contributed by atoms with Crippen LogP contribution in [0.3, 0.4) is 0 Å². The van der Waals surface area contributed by atoms with Crippen molar-refractivity contribution in [3.8, 4) is 0 Å². The highest BCUT2D eigenvalue weighted by Crippen LogP contribution is 2.35. The van der Waals surface area contributed by atoms with Crippen LogP contribution in [-0.2, 0) is 4.74 Å². The van der Waals surface area contributed by atoms with Crippen molar-refractivity contribution in [2.75, 3.05) is 24.5 Å². The van der Waals surface area contributed by atoms with E-state index in [0.29, 0.717) is 35.9 Å². The Morgan fingerprint density at radius 1 is 1.19 bits per heavy atom. The number of aromatic nitrogens is 2. The summed E-state index contributed by atoms with van der Waals surface area (Å²) in [7, 11) is 0. The fourth-order valence-corrected chi connectivity index (χ4v) is 3.69. The summed E-state index contributed by atoms with van der Waals surface area (Å²) < 4.78 is 32.3. The summed E-state index contributed by atoms with van der Waals surface area (Å²) >= 11 is 0. The monoisotopic (exact) mass is 376 g/mol. The smallest absolute Gasteiger partial charge is 0.410 e. The molecule has 0 N–H and O–H groups in total. The fourth-order valence-electron chi connectivity index (χ4n) is 3.69. The van der Waals surface area contributed by atoms with E-state index < -0.39 is 17.2 Å². The van der Waals surface area contributed by atoms with Crippen molar-refractivity contribution in [1.29, 1.82) is 0 Å². The molecule has 4 rings (SSSR count). The predicted molar refractivity (Wildman–Crippen MR) is 96.5 cm³/mol. The molecule has 3 heterocycles. The average Bonchev–Trinajstić information content (AvgIpc) is 2.55. The van der Waals surface area contributed by atoms with Crippen LogP contribution < -0.4 is 4.90 Å². The van der Waals surface area contributed by atoms with Crippen molar-refractivity contribution in [3.63, 3.8) is 0 Å². The SMILES string of the molecule is CC(C)(C)OC(=O)N1C[C@H]2CCN(c3cnc4cc(F)c(F)cc4n3)C[C@H]21. The number of halogens is 2. The number of nitrogens with zero attached hydrogens (tertiary/aromatic N) is 4. The molecule has 0 bridgehead atoms. The van der Waals surface area contributed by atoms with Gasteiger partial charge in [0.1, 0.15) is 11.4 Å². The van der Waals surface area contributed by atoms with Gasteiger partial charge in [-0.1, -0.05) is 0 Å². The zero-order valence-electron chi connectivity index (χ0n) is 15.6. The number of fused-ring (bicyclic) bond motifs is 2. The zero-order chi connectivity index (χ0) is 19.3. The van der Waals surface area contributed by atoms with E-state index in [-0.39, 0.29) is 12.1 Å². The van der Waals surface area contributed by atoms with Gasteiger partial charge in [0.15, 0.2) is 11.6 Å². The number of piperidine rings is 1. The Labute approximate surface area is 156 Å². The maximum atomic E-state index is 13.5. The third-order valence-corrected chi connectivity index (χ3v) is 5.08. The van der Waals surface area contributed by atoms with Crippen LogP contribution in [-0.4, -0.2) is 52.2 Å². The molecule has 2 saturated heterocycles. The molecule has 2 fully saturated rings. The van der Waals surface area contributed by atoms with Gasteiger partial charge in [0.25, 0.3) is 0 Å². The minimum Gasteiger partial charge on any atom is -0.444 e. The first-order valence-electron chi connectivity index (χ1n) is 9.07. The van der Waals surface area contributed by atoms with E-state index in [9.17, 15) is 13.6 Å². The number of amides is 1. The molecule has 144 valence electrons. The number of carbonyl (C=O) groups excluding carboxylic acids is 1. The molecule has 2 aromatic rings. The Bertz CT molecular complexity index is 899.